The number of rotatable bonds is 2. The smallest absolute Gasteiger partial charge is 0.251 e. The highest BCUT2D eigenvalue weighted by Crippen LogP contribution is 2.62. The van der Waals surface area contributed by atoms with Crippen LogP contribution in [0.4, 0.5) is 0 Å². The van der Waals surface area contributed by atoms with Crippen LogP contribution < -0.4 is 10.1 Å². The van der Waals surface area contributed by atoms with Crippen molar-refractivity contribution in [3.63, 3.8) is 0 Å². The van der Waals surface area contributed by atoms with Crippen LogP contribution >= 0.6 is 0 Å². The molecule has 2 bridgehead atoms. The molecule has 1 amide bonds. The molecule has 1 saturated heterocycles. The predicted octanol–water partition coefficient (Wildman–Crippen LogP) is 2.94. The van der Waals surface area contributed by atoms with E-state index in [1.54, 1.807) is 6.07 Å². The topological polar surface area (TPSA) is 61.8 Å². The Hall–Kier alpha value is -2.79. The molecule has 2 aromatic carbocycles. The van der Waals surface area contributed by atoms with Crippen molar-refractivity contribution in [1.82, 2.24) is 10.2 Å². The van der Waals surface area contributed by atoms with Gasteiger partial charge in [-0.25, -0.2) is 0 Å². The van der Waals surface area contributed by atoms with Gasteiger partial charge < -0.3 is 20.1 Å². The fraction of sp³-hybridized carbons (Fsp3) is 0.400. The van der Waals surface area contributed by atoms with E-state index in [0.717, 1.165) is 24.9 Å². The van der Waals surface area contributed by atoms with Crippen LogP contribution in [0.5, 0.6) is 11.5 Å². The Morgan fingerprint density at radius 3 is 2.97 bits per heavy atom. The number of aryl methyl sites for hydroxylation is 1. The van der Waals surface area contributed by atoms with Crippen molar-refractivity contribution in [3.05, 3.63) is 70.8 Å². The van der Waals surface area contributed by atoms with Crippen molar-refractivity contribution < 1.29 is 14.6 Å². The minimum absolute atomic E-state index is 0.0903. The van der Waals surface area contributed by atoms with Crippen molar-refractivity contribution in [2.75, 3.05) is 13.6 Å². The SMILES string of the molecule is Cc1cccc(C(=O)N[C@@H]2C=CC3[C@H]4Cc5ccc(O)c6c5[C@@]3(CCN4C)C2O6)c1. The number of carbonyl (C=O) groups is 1. The highest BCUT2D eigenvalue weighted by molar-refractivity contribution is 5.94. The molecule has 2 unspecified atom stereocenters. The van der Waals surface area contributed by atoms with Gasteiger partial charge in [-0.2, -0.15) is 0 Å². The number of carbonyl (C=O) groups excluding carboxylic acids is 1. The van der Waals surface area contributed by atoms with Gasteiger partial charge in [-0.3, -0.25) is 4.79 Å². The third-order valence-corrected chi connectivity index (χ3v) is 7.75. The van der Waals surface area contributed by atoms with Crippen molar-refractivity contribution in [3.8, 4) is 11.5 Å². The lowest BCUT2D eigenvalue weighted by molar-refractivity contribution is -0.00855. The average Bonchev–Trinajstić information content (AvgIpc) is 3.09. The fourth-order valence-corrected chi connectivity index (χ4v) is 6.41. The molecule has 2 aromatic rings. The van der Waals surface area contributed by atoms with Crippen LogP contribution in [-0.2, 0) is 11.8 Å². The van der Waals surface area contributed by atoms with Crippen LogP contribution in [0.3, 0.4) is 0 Å². The molecule has 2 heterocycles. The average molecular weight is 402 g/mol. The van der Waals surface area contributed by atoms with E-state index in [2.05, 4.69) is 35.5 Å². The minimum Gasteiger partial charge on any atom is -0.504 e. The number of likely N-dealkylation sites (tertiary alicyclic amines) is 1. The number of likely N-dealkylation sites (N-methyl/N-ethyl adjacent to an activating group) is 1. The summed E-state index contributed by atoms with van der Waals surface area (Å²) in [7, 11) is 2.20. The molecule has 5 nitrogen and oxygen atoms in total. The van der Waals surface area contributed by atoms with Crippen LogP contribution in [0.1, 0.15) is 33.5 Å². The van der Waals surface area contributed by atoms with Crippen LogP contribution in [0.2, 0.25) is 0 Å². The number of piperidine rings is 1. The third kappa shape index (κ3) is 2.24. The Kier molecular flexibility index (Phi) is 3.67. The van der Waals surface area contributed by atoms with Crippen LogP contribution in [0, 0.1) is 12.8 Å². The number of aromatic hydroxyl groups is 1. The molecular formula is C25H26N2O3. The quantitative estimate of drug-likeness (QED) is 0.759. The van der Waals surface area contributed by atoms with Crippen LogP contribution in [0.25, 0.3) is 0 Å². The Balaban J connectivity index is 1.43. The lowest BCUT2D eigenvalue weighted by Crippen LogP contribution is -2.66. The number of phenolic OH excluding ortho intramolecular Hbond substituents is 1. The fourth-order valence-electron chi connectivity index (χ4n) is 6.41. The van der Waals surface area contributed by atoms with Crippen LogP contribution in [-0.4, -0.2) is 47.7 Å². The van der Waals surface area contributed by atoms with Gasteiger partial charge in [0.25, 0.3) is 5.91 Å². The zero-order valence-electron chi connectivity index (χ0n) is 17.3. The van der Waals surface area contributed by atoms with Gasteiger partial charge in [-0.1, -0.05) is 35.9 Å². The Labute approximate surface area is 176 Å². The second kappa shape index (κ2) is 6.11. The number of hydrogen-bond acceptors (Lipinski definition) is 4. The molecular weight excluding hydrogens is 376 g/mol. The van der Waals surface area contributed by atoms with Crippen molar-refractivity contribution in [2.45, 2.75) is 43.4 Å². The molecule has 154 valence electrons. The van der Waals surface area contributed by atoms with Gasteiger partial charge in [0.05, 0.1) is 6.04 Å². The Bertz CT molecular complexity index is 1090. The molecule has 1 spiro atoms. The maximum atomic E-state index is 13.0. The first-order valence-electron chi connectivity index (χ1n) is 10.8. The molecule has 5 atom stereocenters. The first-order valence-corrected chi connectivity index (χ1v) is 10.8. The molecule has 5 heteroatoms. The summed E-state index contributed by atoms with van der Waals surface area (Å²) in [6.45, 7) is 2.98. The first-order chi connectivity index (χ1) is 14.5. The molecule has 6 rings (SSSR count). The van der Waals surface area contributed by atoms with E-state index in [0.29, 0.717) is 23.3 Å². The summed E-state index contributed by atoms with van der Waals surface area (Å²) in [4.78, 5) is 15.5. The van der Waals surface area contributed by atoms with E-state index in [1.165, 1.54) is 11.1 Å². The van der Waals surface area contributed by atoms with Gasteiger partial charge in [0.2, 0.25) is 0 Å². The van der Waals surface area contributed by atoms with Crippen molar-refractivity contribution in [2.24, 2.45) is 5.92 Å². The highest BCUT2D eigenvalue weighted by atomic mass is 16.5. The second-order valence-electron chi connectivity index (χ2n) is 9.31. The first kappa shape index (κ1) is 18.0. The molecule has 2 N–H and O–H groups in total. The van der Waals surface area contributed by atoms with E-state index in [-0.39, 0.29) is 29.2 Å². The largest absolute Gasteiger partial charge is 0.504 e. The van der Waals surface area contributed by atoms with E-state index in [1.807, 2.05) is 31.2 Å². The Morgan fingerprint density at radius 1 is 1.27 bits per heavy atom. The summed E-state index contributed by atoms with van der Waals surface area (Å²) in [6, 6.07) is 11.6. The number of hydrogen-bond donors (Lipinski definition) is 2. The van der Waals surface area contributed by atoms with Crippen molar-refractivity contribution in [1.29, 1.82) is 0 Å². The molecule has 30 heavy (non-hydrogen) atoms. The summed E-state index contributed by atoms with van der Waals surface area (Å²) in [5.41, 5.74) is 3.98. The summed E-state index contributed by atoms with van der Waals surface area (Å²) < 4.78 is 6.48. The van der Waals surface area contributed by atoms with Crippen LogP contribution in [0.15, 0.2) is 48.6 Å². The minimum atomic E-state index is -0.240. The molecule has 0 aromatic heterocycles. The number of nitrogens with one attached hydrogen (secondary N) is 1. The van der Waals surface area contributed by atoms with Gasteiger partial charge >= 0.3 is 0 Å². The van der Waals surface area contributed by atoms with Crippen molar-refractivity contribution >= 4 is 5.91 Å². The zero-order valence-corrected chi connectivity index (χ0v) is 17.3. The highest BCUT2D eigenvalue weighted by Gasteiger charge is 2.64. The van der Waals surface area contributed by atoms with Gasteiger partial charge in [0, 0.05) is 28.5 Å². The lowest BCUT2D eigenvalue weighted by Gasteiger charge is -2.57. The van der Waals surface area contributed by atoms with E-state index in [4.69, 9.17) is 4.74 Å². The van der Waals surface area contributed by atoms with E-state index >= 15 is 0 Å². The van der Waals surface area contributed by atoms with E-state index in [9.17, 15) is 9.90 Å². The number of nitrogens with zero attached hydrogens (tertiary/aromatic N) is 1. The Morgan fingerprint density at radius 2 is 2.13 bits per heavy atom. The predicted molar refractivity (Wildman–Crippen MR) is 114 cm³/mol. The monoisotopic (exact) mass is 402 g/mol. The van der Waals surface area contributed by atoms with Gasteiger partial charge in [-0.05, 0) is 57.1 Å². The molecule has 2 aliphatic heterocycles. The number of ether oxygens (including phenoxy) is 1. The van der Waals surface area contributed by atoms with Gasteiger partial charge in [0.1, 0.15) is 6.10 Å². The molecule has 4 aliphatic rings. The number of phenols is 1. The van der Waals surface area contributed by atoms with E-state index < -0.39 is 0 Å². The summed E-state index contributed by atoms with van der Waals surface area (Å²) in [5, 5.41) is 13.8. The maximum Gasteiger partial charge on any atom is 0.251 e. The van der Waals surface area contributed by atoms with Gasteiger partial charge in [-0.15, -0.1) is 0 Å². The maximum absolute atomic E-state index is 13.0. The summed E-state index contributed by atoms with van der Waals surface area (Å²) in [6.07, 6.45) is 6.12. The number of benzene rings is 2. The number of amides is 1. The summed E-state index contributed by atoms with van der Waals surface area (Å²) >= 11 is 0. The molecule has 2 aliphatic carbocycles. The zero-order chi connectivity index (χ0) is 20.6. The third-order valence-electron chi connectivity index (χ3n) is 7.75. The molecule has 0 radical (unpaired) electrons. The second-order valence-corrected chi connectivity index (χ2v) is 9.31. The standard InChI is InChI=1S/C25H26N2O3/c1-14-4-3-5-16(12-14)24(29)26-18-8-7-17-19-13-15-6-9-20(28)22-21(15)25(17,23(18)30-22)10-11-27(19)2/h3-9,12,17-19,23,28H,10-11,13H2,1-2H3,(H,26,29)/t17?,18-,19-,23?,25+/m1/s1. The summed E-state index contributed by atoms with van der Waals surface area (Å²) in [5.74, 6) is 1.07. The normalized spacial score (nSPS) is 33.0. The van der Waals surface area contributed by atoms with Gasteiger partial charge in [0.15, 0.2) is 11.5 Å². The molecule has 0 saturated carbocycles. The lowest BCUT2D eigenvalue weighted by atomic mass is 9.53. The molecule has 1 fully saturated rings.